The number of benzene rings is 3. The molecular weight excluding hydrogens is 404 g/mol. The summed E-state index contributed by atoms with van der Waals surface area (Å²) in [5, 5.41) is 4.47. The SMILES string of the molecule is Cc1cccc(C(=O)Oc2ccc(/C=N\NC(=O)COc3ccc(Cl)cc3)cc2)c1. The Morgan fingerprint density at radius 3 is 2.40 bits per heavy atom. The van der Waals surface area contributed by atoms with Crippen LogP contribution in [0.3, 0.4) is 0 Å². The predicted octanol–water partition coefficient (Wildman–Crippen LogP) is 4.40. The van der Waals surface area contributed by atoms with Crippen LogP contribution in [0.2, 0.25) is 5.02 Å². The third kappa shape index (κ3) is 6.46. The first-order valence-corrected chi connectivity index (χ1v) is 9.46. The van der Waals surface area contributed by atoms with Gasteiger partial charge in [-0.3, -0.25) is 4.79 Å². The molecule has 152 valence electrons. The quantitative estimate of drug-likeness (QED) is 0.265. The van der Waals surface area contributed by atoms with Crippen molar-refractivity contribution >= 4 is 29.7 Å². The molecule has 30 heavy (non-hydrogen) atoms. The highest BCUT2D eigenvalue weighted by Crippen LogP contribution is 2.16. The summed E-state index contributed by atoms with van der Waals surface area (Å²) >= 11 is 5.79. The molecule has 0 heterocycles. The van der Waals surface area contributed by atoms with E-state index in [0.29, 0.717) is 22.1 Å². The summed E-state index contributed by atoms with van der Waals surface area (Å²) in [6, 6.07) is 20.6. The number of esters is 1. The molecule has 6 nitrogen and oxygen atoms in total. The average molecular weight is 423 g/mol. The number of nitrogens with one attached hydrogen (secondary N) is 1. The van der Waals surface area contributed by atoms with E-state index < -0.39 is 11.9 Å². The molecule has 0 saturated carbocycles. The van der Waals surface area contributed by atoms with Crippen LogP contribution in [-0.4, -0.2) is 24.7 Å². The van der Waals surface area contributed by atoms with Crippen molar-refractivity contribution in [1.29, 1.82) is 0 Å². The van der Waals surface area contributed by atoms with Crippen molar-refractivity contribution in [2.75, 3.05) is 6.61 Å². The van der Waals surface area contributed by atoms with Crippen LogP contribution in [0.15, 0.2) is 77.9 Å². The molecule has 0 radical (unpaired) electrons. The largest absolute Gasteiger partial charge is 0.484 e. The fraction of sp³-hybridized carbons (Fsp3) is 0.0870. The number of hydrazone groups is 1. The maximum absolute atomic E-state index is 12.2. The Labute approximate surface area is 179 Å². The average Bonchev–Trinajstić information content (AvgIpc) is 2.74. The second-order valence-corrected chi connectivity index (χ2v) is 6.80. The summed E-state index contributed by atoms with van der Waals surface area (Å²) in [5.41, 5.74) is 4.58. The fourth-order valence-corrected chi connectivity index (χ4v) is 2.58. The lowest BCUT2D eigenvalue weighted by Gasteiger charge is -2.05. The van der Waals surface area contributed by atoms with Crippen LogP contribution >= 0.6 is 11.6 Å². The molecule has 1 N–H and O–H groups in total. The number of rotatable bonds is 7. The Bertz CT molecular complexity index is 1050. The number of ether oxygens (including phenoxy) is 2. The molecule has 0 fully saturated rings. The summed E-state index contributed by atoms with van der Waals surface area (Å²) in [7, 11) is 0. The van der Waals surface area contributed by atoms with Gasteiger partial charge < -0.3 is 9.47 Å². The van der Waals surface area contributed by atoms with E-state index in [-0.39, 0.29) is 6.61 Å². The van der Waals surface area contributed by atoms with Gasteiger partial charge in [0.05, 0.1) is 11.8 Å². The van der Waals surface area contributed by atoms with E-state index in [1.807, 2.05) is 13.0 Å². The Balaban J connectivity index is 1.46. The topological polar surface area (TPSA) is 77.0 Å². The van der Waals surface area contributed by atoms with Crippen molar-refractivity contribution in [1.82, 2.24) is 5.43 Å². The Morgan fingerprint density at radius 2 is 1.70 bits per heavy atom. The van der Waals surface area contributed by atoms with Crippen LogP contribution in [0.5, 0.6) is 11.5 Å². The zero-order chi connectivity index (χ0) is 21.3. The van der Waals surface area contributed by atoms with Gasteiger partial charge in [0.1, 0.15) is 11.5 Å². The number of carbonyl (C=O) groups is 2. The summed E-state index contributed by atoms with van der Waals surface area (Å²) in [6.07, 6.45) is 1.48. The van der Waals surface area contributed by atoms with Gasteiger partial charge in [0.25, 0.3) is 5.91 Å². The minimum absolute atomic E-state index is 0.174. The Kier molecular flexibility index (Phi) is 7.19. The van der Waals surface area contributed by atoms with Crippen LogP contribution in [0.1, 0.15) is 21.5 Å². The first kappa shape index (κ1) is 21.1. The summed E-state index contributed by atoms with van der Waals surface area (Å²) in [5.74, 6) is 0.131. The second-order valence-electron chi connectivity index (χ2n) is 6.36. The third-order valence-corrected chi connectivity index (χ3v) is 4.18. The van der Waals surface area contributed by atoms with Gasteiger partial charge in [-0.05, 0) is 73.2 Å². The summed E-state index contributed by atoms with van der Waals surface area (Å²) < 4.78 is 10.7. The lowest BCUT2D eigenvalue weighted by Crippen LogP contribution is -2.24. The molecular formula is C23H19ClN2O4. The summed E-state index contributed by atoms with van der Waals surface area (Å²) in [6.45, 7) is 1.74. The van der Waals surface area contributed by atoms with Gasteiger partial charge in [-0.25, -0.2) is 10.2 Å². The van der Waals surface area contributed by atoms with Crippen LogP contribution in [0, 0.1) is 6.92 Å². The van der Waals surface area contributed by atoms with Gasteiger partial charge in [0.2, 0.25) is 0 Å². The maximum atomic E-state index is 12.2. The summed E-state index contributed by atoms with van der Waals surface area (Å²) in [4.78, 5) is 23.9. The zero-order valence-electron chi connectivity index (χ0n) is 16.2. The van der Waals surface area contributed by atoms with E-state index in [2.05, 4.69) is 10.5 Å². The molecule has 7 heteroatoms. The number of amides is 1. The normalized spacial score (nSPS) is 10.6. The molecule has 3 aromatic rings. The molecule has 3 rings (SSSR count). The van der Waals surface area contributed by atoms with E-state index in [4.69, 9.17) is 21.1 Å². The first-order valence-electron chi connectivity index (χ1n) is 9.09. The zero-order valence-corrected chi connectivity index (χ0v) is 16.9. The van der Waals surface area contributed by atoms with Gasteiger partial charge in [-0.1, -0.05) is 29.3 Å². The maximum Gasteiger partial charge on any atom is 0.343 e. The van der Waals surface area contributed by atoms with Gasteiger partial charge in [0.15, 0.2) is 6.61 Å². The van der Waals surface area contributed by atoms with Crippen LogP contribution in [0.25, 0.3) is 0 Å². The highest BCUT2D eigenvalue weighted by atomic mass is 35.5. The van der Waals surface area contributed by atoms with Crippen molar-refractivity contribution in [2.45, 2.75) is 6.92 Å². The number of halogens is 1. The second kappa shape index (κ2) is 10.2. The highest BCUT2D eigenvalue weighted by molar-refractivity contribution is 6.30. The van der Waals surface area contributed by atoms with Crippen molar-refractivity contribution in [3.8, 4) is 11.5 Å². The van der Waals surface area contributed by atoms with Crippen LogP contribution in [0.4, 0.5) is 0 Å². The minimum atomic E-state index is -0.423. The van der Waals surface area contributed by atoms with Crippen molar-refractivity contribution in [3.05, 3.63) is 94.5 Å². The molecule has 0 aliphatic heterocycles. The molecule has 0 aliphatic carbocycles. The highest BCUT2D eigenvalue weighted by Gasteiger charge is 2.08. The third-order valence-electron chi connectivity index (χ3n) is 3.93. The number of hydrogen-bond acceptors (Lipinski definition) is 5. The van der Waals surface area contributed by atoms with Gasteiger partial charge in [-0.2, -0.15) is 5.10 Å². The molecule has 0 aromatic heterocycles. The molecule has 3 aromatic carbocycles. The number of nitrogens with zero attached hydrogens (tertiary/aromatic N) is 1. The van der Waals surface area contributed by atoms with E-state index in [0.717, 1.165) is 11.1 Å². The van der Waals surface area contributed by atoms with Gasteiger partial charge in [-0.15, -0.1) is 0 Å². The van der Waals surface area contributed by atoms with Crippen LogP contribution in [-0.2, 0) is 4.79 Å². The minimum Gasteiger partial charge on any atom is -0.484 e. The van der Waals surface area contributed by atoms with Gasteiger partial charge in [0, 0.05) is 5.02 Å². The lowest BCUT2D eigenvalue weighted by molar-refractivity contribution is -0.123. The fourth-order valence-electron chi connectivity index (χ4n) is 2.45. The van der Waals surface area contributed by atoms with Crippen LogP contribution < -0.4 is 14.9 Å². The number of carbonyl (C=O) groups excluding carboxylic acids is 2. The number of hydrogen-bond donors (Lipinski definition) is 1. The number of aryl methyl sites for hydroxylation is 1. The Morgan fingerprint density at radius 1 is 1.00 bits per heavy atom. The molecule has 1 amide bonds. The lowest BCUT2D eigenvalue weighted by atomic mass is 10.1. The van der Waals surface area contributed by atoms with Crippen molar-refractivity contribution in [2.24, 2.45) is 5.10 Å². The predicted molar refractivity (Wildman–Crippen MR) is 115 cm³/mol. The van der Waals surface area contributed by atoms with E-state index >= 15 is 0 Å². The first-order chi connectivity index (χ1) is 14.5. The van der Waals surface area contributed by atoms with E-state index in [1.165, 1.54) is 6.21 Å². The van der Waals surface area contributed by atoms with Gasteiger partial charge >= 0.3 is 5.97 Å². The molecule has 0 spiro atoms. The van der Waals surface area contributed by atoms with E-state index in [1.54, 1.807) is 66.7 Å². The molecule has 0 unspecified atom stereocenters. The smallest absolute Gasteiger partial charge is 0.343 e. The standard InChI is InChI=1S/C23H19ClN2O4/c1-16-3-2-4-18(13-16)23(28)30-21-9-5-17(6-10-21)14-25-26-22(27)15-29-20-11-7-19(24)8-12-20/h2-14H,15H2,1H3,(H,26,27)/b25-14-. The molecule has 0 bridgehead atoms. The molecule has 0 atom stereocenters. The molecule has 0 aliphatic rings. The van der Waals surface area contributed by atoms with Crippen molar-refractivity contribution in [3.63, 3.8) is 0 Å². The monoisotopic (exact) mass is 422 g/mol. The van der Waals surface area contributed by atoms with E-state index in [9.17, 15) is 9.59 Å². The Hall–Kier alpha value is -3.64. The molecule has 0 saturated heterocycles. The van der Waals surface area contributed by atoms with Crippen molar-refractivity contribution < 1.29 is 19.1 Å².